The molecule has 0 radical (unpaired) electrons. The molecular formula is C11H17Cl2N5O. The van der Waals surface area contributed by atoms with Crippen LogP contribution in [0.4, 0.5) is 0 Å². The zero-order valence-corrected chi connectivity index (χ0v) is 12.3. The second-order valence-electron chi connectivity index (χ2n) is 3.83. The number of rotatable bonds is 4. The fraction of sp³-hybridized carbons (Fsp3) is 0.364. The summed E-state index contributed by atoms with van der Waals surface area (Å²) in [6.07, 6.45) is 6.77. The molecule has 2 N–H and O–H groups in total. The van der Waals surface area contributed by atoms with Crippen LogP contribution in [0.2, 0.25) is 0 Å². The van der Waals surface area contributed by atoms with Crippen molar-refractivity contribution < 1.29 is 4.79 Å². The summed E-state index contributed by atoms with van der Waals surface area (Å²) in [4.78, 5) is 20.1. The minimum absolute atomic E-state index is 0. The van der Waals surface area contributed by atoms with Crippen LogP contribution in [0.15, 0.2) is 24.8 Å². The summed E-state index contributed by atoms with van der Waals surface area (Å²) in [5.41, 5.74) is 0.919. The first-order chi connectivity index (χ1) is 8.22. The third kappa shape index (κ3) is 4.05. The summed E-state index contributed by atoms with van der Waals surface area (Å²) < 4.78 is 1.77. The molecule has 2 aromatic rings. The molecule has 0 aliphatic carbocycles. The van der Waals surface area contributed by atoms with Crippen LogP contribution >= 0.6 is 24.8 Å². The summed E-state index contributed by atoms with van der Waals surface area (Å²) in [6, 6.07) is 0.221. The molecule has 0 aliphatic heterocycles. The number of fused-ring (bicyclic) bond motifs is 1. The molecule has 106 valence electrons. The largest absolute Gasteiger partial charge is 0.349 e. The highest BCUT2D eigenvalue weighted by Gasteiger charge is 2.13. The molecule has 1 atom stereocenters. The highest BCUT2D eigenvalue weighted by molar-refractivity contribution is 5.97. The summed E-state index contributed by atoms with van der Waals surface area (Å²) in [5.74, 6) is -0.205. The quantitative estimate of drug-likeness (QED) is 0.881. The number of carbonyl (C=O) groups excluding carboxylic acids is 1. The Morgan fingerprint density at radius 2 is 1.95 bits per heavy atom. The molecule has 0 aromatic carbocycles. The van der Waals surface area contributed by atoms with Crippen molar-refractivity contribution in [1.82, 2.24) is 25.0 Å². The highest BCUT2D eigenvalue weighted by atomic mass is 35.5. The van der Waals surface area contributed by atoms with Crippen molar-refractivity contribution in [2.24, 2.45) is 0 Å². The van der Waals surface area contributed by atoms with Crippen molar-refractivity contribution in [3.05, 3.63) is 30.5 Å². The van der Waals surface area contributed by atoms with E-state index >= 15 is 0 Å². The Morgan fingerprint density at radius 3 is 2.58 bits per heavy atom. The number of hydrogen-bond acceptors (Lipinski definition) is 4. The fourth-order valence-corrected chi connectivity index (χ4v) is 1.45. The minimum atomic E-state index is -0.205. The maximum Gasteiger partial charge on any atom is 0.273 e. The molecule has 8 heteroatoms. The summed E-state index contributed by atoms with van der Waals surface area (Å²) in [5, 5.41) is 5.86. The third-order valence-corrected chi connectivity index (χ3v) is 2.59. The number of imidazole rings is 1. The fourth-order valence-electron chi connectivity index (χ4n) is 1.45. The monoisotopic (exact) mass is 305 g/mol. The van der Waals surface area contributed by atoms with Gasteiger partial charge in [-0.2, -0.15) is 0 Å². The van der Waals surface area contributed by atoms with E-state index in [0.717, 1.165) is 0 Å². The van der Waals surface area contributed by atoms with E-state index < -0.39 is 0 Å². The molecule has 2 aromatic heterocycles. The van der Waals surface area contributed by atoms with Crippen LogP contribution in [0, 0.1) is 0 Å². The molecule has 1 amide bonds. The second-order valence-corrected chi connectivity index (χ2v) is 3.83. The van der Waals surface area contributed by atoms with Crippen LogP contribution in [-0.4, -0.2) is 39.9 Å². The molecule has 0 saturated heterocycles. The molecule has 0 spiro atoms. The predicted octanol–water partition coefficient (Wildman–Crippen LogP) is 0.911. The van der Waals surface area contributed by atoms with Gasteiger partial charge in [-0.3, -0.25) is 4.79 Å². The van der Waals surface area contributed by atoms with E-state index in [9.17, 15) is 4.79 Å². The van der Waals surface area contributed by atoms with Crippen LogP contribution in [0.3, 0.4) is 0 Å². The van der Waals surface area contributed by atoms with E-state index in [4.69, 9.17) is 0 Å². The van der Waals surface area contributed by atoms with Crippen LogP contribution < -0.4 is 10.6 Å². The number of nitrogens with zero attached hydrogens (tertiary/aromatic N) is 3. The standard InChI is InChI=1S/C11H15N5O.2ClH/c1-8(12-2)7-15-11(17)9-10-14-4-6-16(10)5-3-13-9;;/h3-6,8,12H,7H2,1-2H3,(H,15,17);2*1H. The molecule has 0 saturated carbocycles. The average molecular weight is 306 g/mol. The molecule has 6 nitrogen and oxygen atoms in total. The van der Waals surface area contributed by atoms with Crippen LogP contribution in [-0.2, 0) is 0 Å². The van der Waals surface area contributed by atoms with Crippen molar-refractivity contribution in [2.75, 3.05) is 13.6 Å². The smallest absolute Gasteiger partial charge is 0.273 e. The Balaban J connectivity index is 0.00000162. The van der Waals surface area contributed by atoms with Gasteiger partial charge >= 0.3 is 0 Å². The van der Waals surface area contributed by atoms with Crippen molar-refractivity contribution >= 4 is 36.4 Å². The van der Waals surface area contributed by atoms with Gasteiger partial charge in [0.1, 0.15) is 0 Å². The number of halogens is 2. The Hall–Kier alpha value is -1.37. The van der Waals surface area contributed by atoms with Gasteiger partial charge in [0.2, 0.25) is 0 Å². The Bertz CT molecular complexity index is 531. The molecular weight excluding hydrogens is 289 g/mol. The Morgan fingerprint density at radius 1 is 1.32 bits per heavy atom. The first-order valence-corrected chi connectivity index (χ1v) is 5.45. The van der Waals surface area contributed by atoms with Gasteiger partial charge in [-0.15, -0.1) is 24.8 Å². The van der Waals surface area contributed by atoms with Crippen molar-refractivity contribution in [3.8, 4) is 0 Å². The Labute approximate surface area is 123 Å². The number of aromatic nitrogens is 3. The normalized spacial score (nSPS) is 11.3. The van der Waals surface area contributed by atoms with Crippen molar-refractivity contribution in [3.63, 3.8) is 0 Å². The molecule has 0 fully saturated rings. The van der Waals surface area contributed by atoms with Gasteiger partial charge in [0.05, 0.1) is 0 Å². The van der Waals surface area contributed by atoms with Crippen molar-refractivity contribution in [1.29, 1.82) is 0 Å². The van der Waals surface area contributed by atoms with E-state index in [2.05, 4.69) is 20.6 Å². The molecule has 19 heavy (non-hydrogen) atoms. The molecule has 0 aliphatic rings. The SMILES string of the molecule is CNC(C)CNC(=O)c1nccn2ccnc12.Cl.Cl. The zero-order chi connectivity index (χ0) is 12.3. The minimum Gasteiger partial charge on any atom is -0.349 e. The molecule has 2 heterocycles. The molecule has 2 rings (SSSR count). The number of carbonyl (C=O) groups is 1. The number of hydrogen-bond donors (Lipinski definition) is 2. The van der Waals surface area contributed by atoms with Crippen LogP contribution in [0.1, 0.15) is 17.4 Å². The van der Waals surface area contributed by atoms with E-state index in [1.807, 2.05) is 14.0 Å². The lowest BCUT2D eigenvalue weighted by Crippen LogP contribution is -2.37. The first kappa shape index (κ1) is 17.6. The van der Waals surface area contributed by atoms with Gasteiger partial charge in [-0.25, -0.2) is 9.97 Å². The number of nitrogens with one attached hydrogen (secondary N) is 2. The summed E-state index contributed by atoms with van der Waals surface area (Å²) in [6.45, 7) is 2.54. The van der Waals surface area contributed by atoms with Gasteiger partial charge in [0.25, 0.3) is 5.91 Å². The van der Waals surface area contributed by atoms with Crippen LogP contribution in [0.5, 0.6) is 0 Å². The lowest BCUT2D eigenvalue weighted by molar-refractivity contribution is 0.0947. The first-order valence-electron chi connectivity index (χ1n) is 5.45. The van der Waals surface area contributed by atoms with Gasteiger partial charge in [-0.1, -0.05) is 0 Å². The van der Waals surface area contributed by atoms with Crippen LogP contribution in [0.25, 0.3) is 5.65 Å². The highest BCUT2D eigenvalue weighted by Crippen LogP contribution is 2.04. The van der Waals surface area contributed by atoms with E-state index in [-0.39, 0.29) is 36.8 Å². The van der Waals surface area contributed by atoms with E-state index in [1.165, 1.54) is 0 Å². The maximum absolute atomic E-state index is 11.9. The average Bonchev–Trinajstić information content (AvgIpc) is 2.83. The van der Waals surface area contributed by atoms with E-state index in [0.29, 0.717) is 17.9 Å². The summed E-state index contributed by atoms with van der Waals surface area (Å²) in [7, 11) is 1.85. The van der Waals surface area contributed by atoms with Gasteiger partial charge in [-0.05, 0) is 14.0 Å². The molecule has 1 unspecified atom stereocenters. The summed E-state index contributed by atoms with van der Waals surface area (Å²) >= 11 is 0. The maximum atomic E-state index is 11.9. The van der Waals surface area contributed by atoms with Crippen molar-refractivity contribution in [2.45, 2.75) is 13.0 Å². The lowest BCUT2D eigenvalue weighted by Gasteiger charge is -2.11. The second kappa shape index (κ2) is 7.93. The number of likely N-dealkylation sites (N-methyl/N-ethyl adjacent to an activating group) is 1. The zero-order valence-electron chi connectivity index (χ0n) is 10.7. The Kier molecular flexibility index (Phi) is 7.36. The predicted molar refractivity (Wildman–Crippen MR) is 78.3 cm³/mol. The third-order valence-electron chi connectivity index (χ3n) is 2.59. The number of amides is 1. The van der Waals surface area contributed by atoms with E-state index in [1.54, 1.807) is 29.2 Å². The molecule has 0 bridgehead atoms. The van der Waals surface area contributed by atoms with Gasteiger partial charge in [0, 0.05) is 37.4 Å². The topological polar surface area (TPSA) is 71.3 Å². The lowest BCUT2D eigenvalue weighted by atomic mass is 10.3. The van der Waals surface area contributed by atoms with Gasteiger partial charge < -0.3 is 15.0 Å². The van der Waals surface area contributed by atoms with Gasteiger partial charge in [0.15, 0.2) is 11.3 Å².